The van der Waals surface area contributed by atoms with Gasteiger partial charge in [0, 0.05) is 23.9 Å². The molecule has 0 atom stereocenters. The number of halogens is 5. The summed E-state index contributed by atoms with van der Waals surface area (Å²) in [5, 5.41) is 11.2. The van der Waals surface area contributed by atoms with E-state index in [9.17, 15) is 32.1 Å². The van der Waals surface area contributed by atoms with E-state index < -0.39 is 22.7 Å². The van der Waals surface area contributed by atoms with E-state index >= 15 is 0 Å². The Morgan fingerprint density at radius 3 is 2.23 bits per heavy atom. The Morgan fingerprint density at radius 1 is 1.14 bits per heavy atom. The van der Waals surface area contributed by atoms with Crippen molar-refractivity contribution in [1.82, 2.24) is 4.98 Å². The number of nitro groups is 1. The van der Waals surface area contributed by atoms with Crippen molar-refractivity contribution in [1.29, 1.82) is 0 Å². The summed E-state index contributed by atoms with van der Waals surface area (Å²) >= 11 is 0.673. The van der Waals surface area contributed by atoms with Crippen molar-refractivity contribution in [2.45, 2.75) is 18.5 Å². The fourth-order valence-corrected chi connectivity index (χ4v) is 2.44. The summed E-state index contributed by atoms with van der Waals surface area (Å²) in [7, 11) is 0. The van der Waals surface area contributed by atoms with Crippen LogP contribution in [0.1, 0.15) is 16.3 Å². The molecule has 2 aromatic rings. The van der Waals surface area contributed by atoms with Crippen molar-refractivity contribution in [3.63, 3.8) is 0 Å². The molecule has 1 aromatic heterocycles. The topological polar surface area (TPSA) is 56.0 Å². The van der Waals surface area contributed by atoms with Crippen LogP contribution >= 0.6 is 11.3 Å². The molecule has 0 saturated heterocycles. The lowest BCUT2D eigenvalue weighted by molar-refractivity contribution is -0.384. The van der Waals surface area contributed by atoms with E-state index in [1.54, 1.807) is 0 Å². The fraction of sp³-hybridized carbons (Fsp3) is 0.250. The minimum atomic E-state index is -5.70. The largest absolute Gasteiger partial charge is 0.459 e. The second-order valence-electron chi connectivity index (χ2n) is 4.30. The predicted molar refractivity (Wildman–Crippen MR) is 68.0 cm³/mol. The number of thiazole rings is 1. The lowest BCUT2D eigenvalue weighted by atomic mass is 10.1. The van der Waals surface area contributed by atoms with Crippen molar-refractivity contribution in [3.8, 4) is 0 Å². The Hall–Kier alpha value is -2.10. The summed E-state index contributed by atoms with van der Waals surface area (Å²) in [4.78, 5) is 13.2. The number of hydrogen-bond acceptors (Lipinski definition) is 4. The van der Waals surface area contributed by atoms with Gasteiger partial charge in [0.15, 0.2) is 0 Å². The molecule has 0 aliphatic heterocycles. The van der Waals surface area contributed by atoms with Crippen molar-refractivity contribution >= 4 is 17.0 Å². The Morgan fingerprint density at radius 2 is 1.73 bits per heavy atom. The second kappa shape index (κ2) is 5.59. The minimum absolute atomic E-state index is 0.0105. The fourth-order valence-electron chi connectivity index (χ4n) is 1.59. The highest BCUT2D eigenvalue weighted by Crippen LogP contribution is 2.43. The van der Waals surface area contributed by atoms with Gasteiger partial charge in [0.2, 0.25) is 0 Å². The Bertz CT molecular complexity index is 682. The summed E-state index contributed by atoms with van der Waals surface area (Å²) in [5.74, 6) is -5.00. The third-order valence-electron chi connectivity index (χ3n) is 2.73. The minimum Gasteiger partial charge on any atom is -0.258 e. The van der Waals surface area contributed by atoms with Crippen LogP contribution < -0.4 is 0 Å². The molecule has 1 aromatic carbocycles. The van der Waals surface area contributed by atoms with Crippen LogP contribution in [0.25, 0.3) is 0 Å². The third-order valence-corrected chi connectivity index (χ3v) is 3.58. The molecule has 2 rings (SSSR count). The molecule has 0 bridgehead atoms. The van der Waals surface area contributed by atoms with Crippen molar-refractivity contribution in [3.05, 3.63) is 56.0 Å². The summed E-state index contributed by atoms with van der Waals surface area (Å²) in [5.41, 5.74) is -0.976. The predicted octanol–water partition coefficient (Wildman–Crippen LogP) is 4.30. The molecule has 0 fully saturated rings. The zero-order valence-corrected chi connectivity index (χ0v) is 11.4. The first-order valence-corrected chi connectivity index (χ1v) is 6.62. The smallest absolute Gasteiger partial charge is 0.258 e. The number of rotatable bonds is 4. The van der Waals surface area contributed by atoms with Gasteiger partial charge in [0.25, 0.3) is 5.69 Å². The van der Waals surface area contributed by atoms with Gasteiger partial charge in [-0.05, 0) is 5.56 Å². The molecule has 118 valence electrons. The first-order valence-electron chi connectivity index (χ1n) is 5.74. The highest BCUT2D eigenvalue weighted by molar-refractivity contribution is 7.09. The molecule has 0 aliphatic carbocycles. The summed E-state index contributed by atoms with van der Waals surface area (Å²) in [6.07, 6.45) is -5.69. The zero-order chi connectivity index (χ0) is 16.5. The van der Waals surface area contributed by atoms with E-state index in [0.29, 0.717) is 22.3 Å². The van der Waals surface area contributed by atoms with Crippen LogP contribution in [0.3, 0.4) is 0 Å². The number of nitro benzene ring substituents is 1. The molecular weight excluding hydrogens is 331 g/mol. The van der Waals surface area contributed by atoms with E-state index in [0.717, 1.165) is 0 Å². The van der Waals surface area contributed by atoms with Crippen LogP contribution in [0, 0.1) is 10.1 Å². The third kappa shape index (κ3) is 3.21. The van der Waals surface area contributed by atoms with Gasteiger partial charge in [-0.1, -0.05) is 12.1 Å². The summed E-state index contributed by atoms with van der Waals surface area (Å²) in [6.45, 7) is 0. The van der Waals surface area contributed by atoms with E-state index in [-0.39, 0.29) is 17.1 Å². The van der Waals surface area contributed by atoms with Gasteiger partial charge in [-0.2, -0.15) is 22.0 Å². The van der Waals surface area contributed by atoms with E-state index in [2.05, 4.69) is 4.98 Å². The SMILES string of the molecule is O=[N+]([O-])c1ccc(Cc2nc(C(F)(F)C(F)(F)F)cs2)cc1. The average molecular weight is 338 g/mol. The van der Waals surface area contributed by atoms with Crippen molar-refractivity contribution < 1.29 is 26.9 Å². The molecule has 0 radical (unpaired) electrons. The first kappa shape index (κ1) is 16.3. The maximum atomic E-state index is 13.1. The average Bonchev–Trinajstić information content (AvgIpc) is 2.87. The first-order chi connectivity index (χ1) is 10.1. The molecule has 0 saturated carbocycles. The molecule has 0 N–H and O–H groups in total. The van der Waals surface area contributed by atoms with Gasteiger partial charge >= 0.3 is 12.1 Å². The van der Waals surface area contributed by atoms with Crippen molar-refractivity contribution in [2.75, 3.05) is 0 Å². The number of alkyl halides is 5. The standard InChI is InChI=1S/C12H7F5N2O2S/c13-11(14,12(15,16)17)9-6-22-10(18-9)5-7-1-3-8(4-2-7)19(20)21/h1-4,6H,5H2. The number of hydrogen-bond donors (Lipinski definition) is 0. The number of benzene rings is 1. The molecule has 1 heterocycles. The summed E-state index contributed by atoms with van der Waals surface area (Å²) in [6, 6.07) is 5.21. The molecule has 0 amide bonds. The van der Waals surface area contributed by atoms with E-state index in [4.69, 9.17) is 0 Å². The molecule has 22 heavy (non-hydrogen) atoms. The van der Waals surface area contributed by atoms with Gasteiger partial charge in [0.1, 0.15) is 5.69 Å². The van der Waals surface area contributed by atoms with Crippen molar-refractivity contribution in [2.24, 2.45) is 0 Å². The normalized spacial score (nSPS) is 12.4. The molecule has 10 heteroatoms. The number of aromatic nitrogens is 1. The zero-order valence-electron chi connectivity index (χ0n) is 10.6. The van der Waals surface area contributed by atoms with Crippen LogP contribution in [-0.4, -0.2) is 16.1 Å². The second-order valence-corrected chi connectivity index (χ2v) is 5.24. The van der Waals surface area contributed by atoms with Crippen LogP contribution in [0.2, 0.25) is 0 Å². The molecule has 4 nitrogen and oxygen atoms in total. The van der Waals surface area contributed by atoms with Gasteiger partial charge < -0.3 is 0 Å². The van der Waals surface area contributed by atoms with Gasteiger partial charge in [-0.15, -0.1) is 11.3 Å². The Balaban J connectivity index is 2.17. The quantitative estimate of drug-likeness (QED) is 0.474. The van der Waals surface area contributed by atoms with E-state index in [1.165, 1.54) is 24.3 Å². The molecular formula is C12H7F5N2O2S. The maximum Gasteiger partial charge on any atom is 0.459 e. The van der Waals surface area contributed by atoms with E-state index in [1.807, 2.05) is 0 Å². The molecule has 0 unspecified atom stereocenters. The molecule has 0 aliphatic rings. The highest BCUT2D eigenvalue weighted by atomic mass is 32.1. The lowest BCUT2D eigenvalue weighted by Gasteiger charge is -2.16. The van der Waals surface area contributed by atoms with Crippen LogP contribution in [0.5, 0.6) is 0 Å². The van der Waals surface area contributed by atoms with Crippen LogP contribution in [0.4, 0.5) is 27.6 Å². The maximum absolute atomic E-state index is 13.1. The Kier molecular flexibility index (Phi) is 4.14. The lowest BCUT2D eigenvalue weighted by Crippen LogP contribution is -2.34. The summed E-state index contributed by atoms with van der Waals surface area (Å²) < 4.78 is 62.9. The highest BCUT2D eigenvalue weighted by Gasteiger charge is 2.60. The number of nitrogens with zero attached hydrogens (tertiary/aromatic N) is 2. The van der Waals surface area contributed by atoms with Gasteiger partial charge in [-0.3, -0.25) is 10.1 Å². The molecule has 0 spiro atoms. The van der Waals surface area contributed by atoms with Crippen LogP contribution in [0.15, 0.2) is 29.6 Å². The monoisotopic (exact) mass is 338 g/mol. The van der Waals surface area contributed by atoms with Gasteiger partial charge in [0.05, 0.1) is 9.93 Å². The Labute approximate surface area is 124 Å². The number of non-ortho nitro benzene ring substituents is 1. The van der Waals surface area contributed by atoms with Crippen LogP contribution in [-0.2, 0) is 12.3 Å². The van der Waals surface area contributed by atoms with Gasteiger partial charge in [-0.25, -0.2) is 4.98 Å².